The number of rotatable bonds is 2. The lowest BCUT2D eigenvalue weighted by molar-refractivity contribution is 0.332. The highest BCUT2D eigenvalue weighted by Crippen LogP contribution is 2.54. The van der Waals surface area contributed by atoms with Crippen LogP contribution in [-0.2, 0) is 37.9 Å². The third-order valence-corrected chi connectivity index (χ3v) is 17.4. The molecule has 0 bridgehead atoms. The minimum atomic E-state index is -0.133. The lowest BCUT2D eigenvalue weighted by atomic mass is 9.32. The number of fused-ring (bicyclic) bond motifs is 9. The fourth-order valence-electron chi connectivity index (χ4n) is 12.8. The predicted molar refractivity (Wildman–Crippen MR) is 294 cm³/mol. The van der Waals surface area contributed by atoms with Crippen LogP contribution in [0.15, 0.2) is 101 Å². The summed E-state index contributed by atoms with van der Waals surface area (Å²) in [6.45, 7) is 40.9. The second kappa shape index (κ2) is 14.2. The number of nitrogens with zero attached hydrogens (tertiary/aromatic N) is 2. The van der Waals surface area contributed by atoms with Gasteiger partial charge in [0, 0.05) is 44.8 Å². The van der Waals surface area contributed by atoms with E-state index in [1.54, 1.807) is 0 Å². The van der Waals surface area contributed by atoms with Gasteiger partial charge in [0.1, 0.15) is 5.58 Å². The normalized spacial score (nSPS) is 18.8. The molecule has 7 aromatic rings. The Hall–Kier alpha value is -5.22. The highest BCUT2D eigenvalue weighted by molar-refractivity contribution is 7.00. The van der Waals surface area contributed by atoms with E-state index in [4.69, 9.17) is 4.42 Å². The number of hydrogen-bond acceptors (Lipinski definition) is 3. The second-order valence-electron chi connectivity index (χ2n) is 27.2. The third kappa shape index (κ3) is 6.65. The second-order valence-corrected chi connectivity index (χ2v) is 27.2. The van der Waals surface area contributed by atoms with Crippen molar-refractivity contribution in [1.29, 1.82) is 0 Å². The molecule has 0 fully saturated rings. The number of benzene rings is 6. The van der Waals surface area contributed by atoms with Gasteiger partial charge in [-0.05, 0) is 156 Å². The van der Waals surface area contributed by atoms with Crippen molar-refractivity contribution in [3.8, 4) is 0 Å². The minimum Gasteiger partial charge on any atom is -0.454 e. The van der Waals surface area contributed by atoms with Gasteiger partial charge >= 0.3 is 0 Å². The first-order valence-electron chi connectivity index (χ1n) is 25.8. The van der Waals surface area contributed by atoms with Crippen LogP contribution in [0, 0.1) is 0 Å². The molecule has 350 valence electrons. The lowest BCUT2D eigenvalue weighted by Crippen LogP contribution is -2.62. The van der Waals surface area contributed by atoms with E-state index in [2.05, 4.69) is 225 Å². The van der Waals surface area contributed by atoms with Crippen molar-refractivity contribution in [2.75, 3.05) is 9.80 Å². The maximum atomic E-state index is 7.29. The van der Waals surface area contributed by atoms with Gasteiger partial charge in [-0.1, -0.05) is 172 Å². The fourth-order valence-corrected chi connectivity index (χ4v) is 12.8. The van der Waals surface area contributed by atoms with Gasteiger partial charge in [-0.2, -0.15) is 0 Å². The molecule has 0 spiro atoms. The van der Waals surface area contributed by atoms with E-state index in [1.165, 1.54) is 115 Å². The molecule has 0 unspecified atom stereocenters. The zero-order valence-corrected chi connectivity index (χ0v) is 44.4. The van der Waals surface area contributed by atoms with Crippen LogP contribution in [0.2, 0.25) is 0 Å². The zero-order chi connectivity index (χ0) is 48.6. The molecule has 4 aliphatic rings. The highest BCUT2D eigenvalue weighted by Gasteiger charge is 2.48. The van der Waals surface area contributed by atoms with Crippen molar-refractivity contribution in [2.45, 2.75) is 181 Å². The molecule has 0 N–H and O–H groups in total. The van der Waals surface area contributed by atoms with Crippen molar-refractivity contribution in [3.63, 3.8) is 0 Å². The Bertz CT molecular complexity index is 3260. The Balaban J connectivity index is 1.30. The monoisotopic (exact) mass is 899 g/mol. The molecular weight excluding hydrogens is 824 g/mol. The van der Waals surface area contributed by atoms with E-state index in [-0.39, 0.29) is 44.6 Å². The van der Waals surface area contributed by atoms with Crippen LogP contribution < -0.4 is 26.2 Å². The van der Waals surface area contributed by atoms with Gasteiger partial charge in [-0.25, -0.2) is 0 Å². The van der Waals surface area contributed by atoms with Crippen molar-refractivity contribution < 1.29 is 4.42 Å². The SMILES string of the molecule is CC(C)(C)c1ccc2c(c1)B1c3cc4c(cc3N(c3ccc5c(c3)C(C)(C)CCC5(C)C)c3cc(C(C)(C)C)cc(c31)N2c1cccc2c1oc1c(C(C)(C)C)cccc12)C(C)(C)CCC4(C)C. The average Bonchev–Trinajstić information content (AvgIpc) is 3.64. The summed E-state index contributed by atoms with van der Waals surface area (Å²) in [5.41, 5.74) is 23.4. The Morgan fingerprint density at radius 2 is 0.956 bits per heavy atom. The topological polar surface area (TPSA) is 19.6 Å². The van der Waals surface area contributed by atoms with Gasteiger partial charge in [0.15, 0.2) is 5.58 Å². The van der Waals surface area contributed by atoms with Crippen LogP contribution in [0.1, 0.15) is 182 Å². The van der Waals surface area contributed by atoms with Crippen LogP contribution in [0.5, 0.6) is 0 Å². The van der Waals surface area contributed by atoms with Gasteiger partial charge in [-0.15, -0.1) is 0 Å². The van der Waals surface area contributed by atoms with E-state index in [0.717, 1.165) is 22.2 Å². The Morgan fingerprint density at radius 1 is 0.426 bits per heavy atom. The summed E-state index contributed by atoms with van der Waals surface area (Å²) in [5, 5.41) is 2.33. The van der Waals surface area contributed by atoms with E-state index in [9.17, 15) is 0 Å². The summed E-state index contributed by atoms with van der Waals surface area (Å²) in [6.07, 6.45) is 4.71. The Morgan fingerprint density at radius 3 is 1.56 bits per heavy atom. The number of furan rings is 1. The smallest absolute Gasteiger partial charge is 0.252 e. The largest absolute Gasteiger partial charge is 0.454 e. The van der Waals surface area contributed by atoms with Crippen LogP contribution in [0.3, 0.4) is 0 Å². The first kappa shape index (κ1) is 45.2. The van der Waals surface area contributed by atoms with E-state index in [1.807, 2.05) is 0 Å². The van der Waals surface area contributed by atoms with Crippen molar-refractivity contribution >= 4 is 79.2 Å². The molecule has 0 saturated heterocycles. The quantitative estimate of drug-likeness (QED) is 0.161. The number of para-hydroxylation sites is 2. The molecule has 0 atom stereocenters. The van der Waals surface area contributed by atoms with Crippen LogP contribution in [0.4, 0.5) is 34.1 Å². The first-order valence-corrected chi connectivity index (χ1v) is 25.8. The Labute approximate surface area is 408 Å². The van der Waals surface area contributed by atoms with Crippen molar-refractivity contribution in [1.82, 2.24) is 0 Å². The molecule has 1 aromatic heterocycles. The lowest BCUT2D eigenvalue weighted by Gasteiger charge is -2.48. The summed E-state index contributed by atoms with van der Waals surface area (Å²) < 4.78 is 7.29. The zero-order valence-electron chi connectivity index (χ0n) is 44.4. The predicted octanol–water partition coefficient (Wildman–Crippen LogP) is 16.3. The molecule has 0 amide bonds. The molecule has 68 heavy (non-hydrogen) atoms. The van der Waals surface area contributed by atoms with Gasteiger partial charge in [0.25, 0.3) is 6.71 Å². The van der Waals surface area contributed by atoms with Gasteiger partial charge in [-0.3, -0.25) is 0 Å². The van der Waals surface area contributed by atoms with E-state index in [0.29, 0.717) is 0 Å². The van der Waals surface area contributed by atoms with Gasteiger partial charge in [0.05, 0.1) is 5.69 Å². The van der Waals surface area contributed by atoms with Crippen LogP contribution in [-0.4, -0.2) is 6.71 Å². The molecule has 11 rings (SSSR count). The standard InChI is InChI=1S/C64H75BN2O/c1-58(2,3)38-24-27-50-48(32-38)65-49-36-46-47(64(16,17)31-30-63(46,14)15)37-52(49)66(40-25-26-43-45(35-40)62(12,13)29-28-61(43,10)11)53-33-39(59(4,5)6)34-54(55(53)65)67(50)51-23-19-21-42-41-20-18-22-44(60(7,8)9)56(41)68-57(42)51/h18-27,32-37H,28-31H2,1-17H3. The molecule has 6 aromatic carbocycles. The minimum absolute atomic E-state index is 0.00956. The van der Waals surface area contributed by atoms with Gasteiger partial charge < -0.3 is 14.2 Å². The molecule has 2 aliphatic heterocycles. The van der Waals surface area contributed by atoms with E-state index < -0.39 is 0 Å². The summed E-state index contributed by atoms with van der Waals surface area (Å²) in [7, 11) is 0. The molecular formula is C64H75BN2O. The summed E-state index contributed by atoms with van der Waals surface area (Å²) in [6, 6.07) is 39.0. The summed E-state index contributed by atoms with van der Waals surface area (Å²) >= 11 is 0. The molecule has 3 nitrogen and oxygen atoms in total. The molecule has 4 heteroatoms. The van der Waals surface area contributed by atoms with Crippen molar-refractivity contribution in [3.05, 3.63) is 136 Å². The summed E-state index contributed by atoms with van der Waals surface area (Å²) in [4.78, 5) is 5.31. The molecule has 0 radical (unpaired) electrons. The van der Waals surface area contributed by atoms with E-state index >= 15 is 0 Å². The Kier molecular flexibility index (Phi) is 9.45. The maximum Gasteiger partial charge on any atom is 0.252 e. The van der Waals surface area contributed by atoms with Crippen LogP contribution in [0.25, 0.3) is 21.9 Å². The maximum absolute atomic E-state index is 7.29. The molecule has 0 saturated carbocycles. The van der Waals surface area contributed by atoms with Gasteiger partial charge in [0.2, 0.25) is 0 Å². The number of hydrogen-bond donors (Lipinski definition) is 0. The first-order chi connectivity index (χ1) is 31.6. The number of anilines is 6. The highest BCUT2D eigenvalue weighted by atomic mass is 16.3. The summed E-state index contributed by atoms with van der Waals surface area (Å²) in [5.74, 6) is 0. The van der Waals surface area contributed by atoms with Crippen molar-refractivity contribution in [2.24, 2.45) is 0 Å². The fraction of sp³-hybridized carbons (Fsp3) is 0.438. The molecule has 3 heterocycles. The average molecular weight is 899 g/mol. The third-order valence-electron chi connectivity index (χ3n) is 17.4. The molecule has 2 aliphatic carbocycles. The van der Waals surface area contributed by atoms with Crippen LogP contribution >= 0.6 is 0 Å².